The van der Waals surface area contributed by atoms with Crippen molar-refractivity contribution in [3.05, 3.63) is 107 Å². The third kappa shape index (κ3) is 5.04. The molecule has 1 unspecified atom stereocenters. The average Bonchev–Trinajstić information content (AvgIpc) is 3.12. The van der Waals surface area contributed by atoms with E-state index in [9.17, 15) is 14.7 Å². The van der Waals surface area contributed by atoms with E-state index in [1.165, 1.54) is 4.90 Å². The standard InChI is InChI=1S/C29H29NO4/c1-2-3-10-18-34-24-17-11-16-23(19-24)26-25(27(31)22-14-8-5-9-15-22)28(32)29(33)30(26)20-21-12-6-4-7-13-21/h4-9,11-17,19,26,31H,2-3,10,18,20H2,1H3/b27-25+. The lowest BCUT2D eigenvalue weighted by Gasteiger charge is -2.26. The summed E-state index contributed by atoms with van der Waals surface area (Å²) in [4.78, 5) is 27.9. The van der Waals surface area contributed by atoms with Gasteiger partial charge in [0.05, 0.1) is 18.2 Å². The molecular weight excluding hydrogens is 426 g/mol. The summed E-state index contributed by atoms with van der Waals surface area (Å²) in [6, 6.07) is 25.1. The van der Waals surface area contributed by atoms with Gasteiger partial charge in [-0.3, -0.25) is 9.59 Å². The van der Waals surface area contributed by atoms with Crippen LogP contribution in [0.5, 0.6) is 5.75 Å². The van der Waals surface area contributed by atoms with Gasteiger partial charge in [0.2, 0.25) is 0 Å². The summed E-state index contributed by atoms with van der Waals surface area (Å²) < 4.78 is 5.93. The Hall–Kier alpha value is -3.86. The van der Waals surface area contributed by atoms with Crippen molar-refractivity contribution in [1.82, 2.24) is 4.90 Å². The normalized spacial score (nSPS) is 17.2. The molecule has 4 rings (SSSR count). The van der Waals surface area contributed by atoms with E-state index in [2.05, 4.69) is 6.92 Å². The monoisotopic (exact) mass is 455 g/mol. The SMILES string of the molecule is CCCCCOc1cccc(C2/C(=C(\O)c3ccccc3)C(=O)C(=O)N2Cc2ccccc2)c1. The van der Waals surface area contributed by atoms with Crippen molar-refractivity contribution in [2.75, 3.05) is 6.61 Å². The Morgan fingerprint density at radius 2 is 1.62 bits per heavy atom. The number of amides is 1. The van der Waals surface area contributed by atoms with Gasteiger partial charge in [0.15, 0.2) is 0 Å². The van der Waals surface area contributed by atoms with Crippen LogP contribution in [0.4, 0.5) is 0 Å². The fraction of sp³-hybridized carbons (Fsp3) is 0.241. The summed E-state index contributed by atoms with van der Waals surface area (Å²) in [5.74, 6) is -0.801. The molecule has 1 atom stereocenters. The molecule has 0 aromatic heterocycles. The van der Waals surface area contributed by atoms with E-state index in [4.69, 9.17) is 4.74 Å². The van der Waals surface area contributed by atoms with E-state index in [1.807, 2.05) is 60.7 Å². The van der Waals surface area contributed by atoms with Crippen molar-refractivity contribution >= 4 is 17.4 Å². The number of benzene rings is 3. The molecule has 0 spiro atoms. The van der Waals surface area contributed by atoms with Gasteiger partial charge in [-0.2, -0.15) is 0 Å². The molecule has 1 amide bonds. The average molecular weight is 456 g/mol. The number of rotatable bonds is 9. The lowest BCUT2D eigenvalue weighted by atomic mass is 9.95. The van der Waals surface area contributed by atoms with Gasteiger partial charge in [0, 0.05) is 12.1 Å². The maximum Gasteiger partial charge on any atom is 0.295 e. The molecule has 1 fully saturated rings. The van der Waals surface area contributed by atoms with Gasteiger partial charge >= 0.3 is 0 Å². The zero-order valence-electron chi connectivity index (χ0n) is 19.3. The molecule has 0 bridgehead atoms. The van der Waals surface area contributed by atoms with E-state index in [0.717, 1.165) is 30.4 Å². The van der Waals surface area contributed by atoms with Gasteiger partial charge in [-0.05, 0) is 29.7 Å². The minimum absolute atomic E-state index is 0.0928. The number of carbonyl (C=O) groups is 2. The van der Waals surface area contributed by atoms with Crippen LogP contribution in [0.3, 0.4) is 0 Å². The number of hydrogen-bond acceptors (Lipinski definition) is 4. The van der Waals surface area contributed by atoms with Gasteiger partial charge in [-0.15, -0.1) is 0 Å². The molecule has 0 radical (unpaired) electrons. The van der Waals surface area contributed by atoms with Gasteiger partial charge < -0.3 is 14.7 Å². The van der Waals surface area contributed by atoms with Gasteiger partial charge in [-0.25, -0.2) is 0 Å². The molecular formula is C29H29NO4. The number of ketones is 1. The third-order valence-corrected chi connectivity index (χ3v) is 5.97. The van der Waals surface area contributed by atoms with Crippen LogP contribution in [0.2, 0.25) is 0 Å². The molecule has 0 aliphatic carbocycles. The van der Waals surface area contributed by atoms with Crippen LogP contribution in [0.1, 0.15) is 48.9 Å². The molecule has 34 heavy (non-hydrogen) atoms. The summed E-state index contributed by atoms with van der Waals surface area (Å²) >= 11 is 0. The Labute approximate surface area is 200 Å². The van der Waals surface area contributed by atoms with Crippen molar-refractivity contribution < 1.29 is 19.4 Å². The van der Waals surface area contributed by atoms with Crippen LogP contribution < -0.4 is 4.74 Å². The predicted molar refractivity (Wildman–Crippen MR) is 132 cm³/mol. The minimum atomic E-state index is -0.723. The summed E-state index contributed by atoms with van der Waals surface area (Å²) in [6.45, 7) is 3.00. The molecule has 1 saturated heterocycles. The highest BCUT2D eigenvalue weighted by Gasteiger charge is 2.46. The largest absolute Gasteiger partial charge is 0.507 e. The fourth-order valence-corrected chi connectivity index (χ4v) is 4.24. The minimum Gasteiger partial charge on any atom is -0.507 e. The van der Waals surface area contributed by atoms with Crippen LogP contribution in [-0.2, 0) is 16.1 Å². The Kier molecular flexibility index (Phi) is 7.43. The molecule has 5 nitrogen and oxygen atoms in total. The van der Waals surface area contributed by atoms with Crippen molar-refractivity contribution in [3.8, 4) is 5.75 Å². The maximum atomic E-state index is 13.2. The number of unbranched alkanes of at least 4 members (excludes halogenated alkanes) is 2. The predicted octanol–water partition coefficient (Wildman–Crippen LogP) is 5.88. The van der Waals surface area contributed by atoms with Gasteiger partial charge in [0.25, 0.3) is 11.7 Å². The van der Waals surface area contributed by atoms with E-state index in [1.54, 1.807) is 24.3 Å². The van der Waals surface area contributed by atoms with Crippen molar-refractivity contribution in [2.24, 2.45) is 0 Å². The molecule has 1 heterocycles. The first-order valence-electron chi connectivity index (χ1n) is 11.7. The van der Waals surface area contributed by atoms with E-state index in [-0.39, 0.29) is 17.9 Å². The molecule has 1 aliphatic heterocycles. The van der Waals surface area contributed by atoms with Crippen LogP contribution in [0.25, 0.3) is 5.76 Å². The highest BCUT2D eigenvalue weighted by atomic mass is 16.5. The molecule has 0 saturated carbocycles. The van der Waals surface area contributed by atoms with Gasteiger partial charge in [-0.1, -0.05) is 92.6 Å². The number of carbonyl (C=O) groups excluding carboxylic acids is 2. The van der Waals surface area contributed by atoms with E-state index < -0.39 is 17.7 Å². The summed E-state index contributed by atoms with van der Waals surface area (Å²) in [7, 11) is 0. The summed E-state index contributed by atoms with van der Waals surface area (Å²) in [6.07, 6.45) is 3.16. The quantitative estimate of drug-likeness (QED) is 0.189. The Balaban J connectivity index is 1.76. The molecule has 3 aromatic rings. The van der Waals surface area contributed by atoms with Gasteiger partial charge in [0.1, 0.15) is 11.5 Å². The Bertz CT molecular complexity index is 1170. The lowest BCUT2D eigenvalue weighted by Crippen LogP contribution is -2.29. The molecule has 174 valence electrons. The second kappa shape index (κ2) is 10.8. The summed E-state index contributed by atoms with van der Waals surface area (Å²) in [5.41, 5.74) is 2.22. The van der Waals surface area contributed by atoms with Crippen LogP contribution in [-0.4, -0.2) is 28.3 Å². The van der Waals surface area contributed by atoms with Crippen LogP contribution >= 0.6 is 0 Å². The van der Waals surface area contributed by atoms with Crippen molar-refractivity contribution in [3.63, 3.8) is 0 Å². The van der Waals surface area contributed by atoms with Crippen molar-refractivity contribution in [1.29, 1.82) is 0 Å². The number of likely N-dealkylation sites (tertiary alicyclic amines) is 1. The van der Waals surface area contributed by atoms with Crippen LogP contribution in [0.15, 0.2) is 90.5 Å². The smallest absolute Gasteiger partial charge is 0.295 e. The Morgan fingerprint density at radius 3 is 2.32 bits per heavy atom. The highest BCUT2D eigenvalue weighted by Crippen LogP contribution is 2.41. The number of ether oxygens (including phenoxy) is 1. The maximum absolute atomic E-state index is 13.2. The van der Waals surface area contributed by atoms with E-state index in [0.29, 0.717) is 17.9 Å². The molecule has 1 aliphatic rings. The number of aliphatic hydroxyl groups is 1. The molecule has 1 N–H and O–H groups in total. The first-order chi connectivity index (χ1) is 16.6. The number of Topliss-reactive ketones (excluding diaryl/α,β-unsaturated/α-hetero) is 1. The summed E-state index contributed by atoms with van der Waals surface area (Å²) in [5, 5.41) is 11.1. The number of nitrogens with zero attached hydrogens (tertiary/aromatic N) is 1. The highest BCUT2D eigenvalue weighted by molar-refractivity contribution is 6.46. The van der Waals surface area contributed by atoms with E-state index >= 15 is 0 Å². The first kappa shape index (κ1) is 23.3. The van der Waals surface area contributed by atoms with Crippen molar-refractivity contribution in [2.45, 2.75) is 38.8 Å². The number of aliphatic hydroxyl groups excluding tert-OH is 1. The number of hydrogen-bond donors (Lipinski definition) is 1. The zero-order chi connectivity index (χ0) is 23.9. The first-order valence-corrected chi connectivity index (χ1v) is 11.7. The van der Waals surface area contributed by atoms with Crippen LogP contribution in [0, 0.1) is 0 Å². The fourth-order valence-electron chi connectivity index (χ4n) is 4.24. The zero-order valence-corrected chi connectivity index (χ0v) is 19.3. The second-order valence-electron chi connectivity index (χ2n) is 8.41. The second-order valence-corrected chi connectivity index (χ2v) is 8.41. The molecule has 3 aromatic carbocycles. The molecule has 5 heteroatoms. The Morgan fingerprint density at radius 1 is 0.912 bits per heavy atom. The third-order valence-electron chi connectivity index (χ3n) is 5.97. The lowest BCUT2D eigenvalue weighted by molar-refractivity contribution is -0.140. The topological polar surface area (TPSA) is 66.8 Å².